The van der Waals surface area contributed by atoms with Crippen molar-refractivity contribution in [2.45, 2.75) is 6.92 Å². The van der Waals surface area contributed by atoms with E-state index < -0.39 is 17.7 Å². The lowest BCUT2D eigenvalue weighted by atomic mass is 10.0. The molecule has 6 heteroatoms. The Labute approximate surface area is 114 Å². The molecule has 0 N–H and O–H groups in total. The molecule has 1 aromatic rings. The Kier molecular flexibility index (Phi) is 3.53. The van der Waals surface area contributed by atoms with Crippen molar-refractivity contribution in [3.8, 4) is 6.07 Å². The van der Waals surface area contributed by atoms with Crippen molar-refractivity contribution in [1.82, 2.24) is 4.90 Å². The van der Waals surface area contributed by atoms with Crippen molar-refractivity contribution >= 4 is 17.6 Å². The van der Waals surface area contributed by atoms with Crippen LogP contribution in [0.2, 0.25) is 0 Å². The maximum absolute atomic E-state index is 13.4. The molecule has 1 aliphatic heterocycles. The van der Waals surface area contributed by atoms with Gasteiger partial charge in [0.15, 0.2) is 5.57 Å². The molecule has 1 heterocycles. The van der Waals surface area contributed by atoms with Gasteiger partial charge in [-0.25, -0.2) is 9.18 Å². The molecule has 0 spiro atoms. The highest BCUT2D eigenvalue weighted by Crippen LogP contribution is 2.34. The second kappa shape index (κ2) is 5.13. The summed E-state index contributed by atoms with van der Waals surface area (Å²) in [5.74, 6) is -1.78. The number of hydrogen-bond donors (Lipinski definition) is 0. The molecule has 0 atom stereocenters. The van der Waals surface area contributed by atoms with E-state index in [0.717, 1.165) is 17.0 Å². The van der Waals surface area contributed by atoms with Crippen LogP contribution >= 0.6 is 0 Å². The Bertz CT molecular complexity index is 673. The number of esters is 1. The van der Waals surface area contributed by atoms with Crippen LogP contribution in [-0.4, -0.2) is 30.4 Å². The van der Waals surface area contributed by atoms with Crippen LogP contribution in [0.25, 0.3) is 5.70 Å². The number of nitriles is 1. The number of benzene rings is 1. The summed E-state index contributed by atoms with van der Waals surface area (Å²) in [4.78, 5) is 25.0. The predicted molar refractivity (Wildman–Crippen MR) is 67.7 cm³/mol. The molecular formula is C14H11FN2O3. The number of carbonyl (C=O) groups is 2. The zero-order chi connectivity index (χ0) is 14.9. The van der Waals surface area contributed by atoms with Crippen LogP contribution in [-0.2, 0) is 9.53 Å². The average Bonchev–Trinajstić information content (AvgIpc) is 2.65. The summed E-state index contributed by atoms with van der Waals surface area (Å²) in [6, 6.07) is 5.34. The Hall–Kier alpha value is -2.68. The minimum atomic E-state index is -0.832. The molecule has 0 aliphatic carbocycles. The summed E-state index contributed by atoms with van der Waals surface area (Å²) in [7, 11) is 1.42. The Balaban J connectivity index is 2.69. The van der Waals surface area contributed by atoms with Crippen molar-refractivity contribution in [2.24, 2.45) is 0 Å². The van der Waals surface area contributed by atoms with Crippen LogP contribution in [0.3, 0.4) is 0 Å². The Morgan fingerprint density at radius 1 is 1.45 bits per heavy atom. The Morgan fingerprint density at radius 2 is 2.15 bits per heavy atom. The van der Waals surface area contributed by atoms with Crippen molar-refractivity contribution in [2.75, 3.05) is 13.7 Å². The first-order valence-electron chi connectivity index (χ1n) is 5.90. The maximum Gasteiger partial charge on any atom is 0.351 e. The van der Waals surface area contributed by atoms with Gasteiger partial charge in [0.2, 0.25) is 0 Å². The second-order valence-electron chi connectivity index (χ2n) is 4.11. The molecule has 1 amide bonds. The molecule has 5 nitrogen and oxygen atoms in total. The van der Waals surface area contributed by atoms with Crippen LogP contribution < -0.4 is 0 Å². The summed E-state index contributed by atoms with van der Waals surface area (Å²) in [5, 5.41) is 9.14. The molecule has 0 saturated carbocycles. The van der Waals surface area contributed by atoms with Crippen LogP contribution in [0.15, 0.2) is 23.8 Å². The normalized spacial score (nSPS) is 15.7. The van der Waals surface area contributed by atoms with E-state index in [1.807, 2.05) is 0 Å². The van der Waals surface area contributed by atoms with Crippen molar-refractivity contribution in [3.63, 3.8) is 0 Å². The Morgan fingerprint density at radius 3 is 2.75 bits per heavy atom. The monoisotopic (exact) mass is 274 g/mol. The highest BCUT2D eigenvalue weighted by atomic mass is 19.1. The minimum Gasteiger partial charge on any atom is -0.462 e. The number of nitrogens with zero attached hydrogens (tertiary/aromatic N) is 2. The van der Waals surface area contributed by atoms with E-state index in [1.165, 1.54) is 13.1 Å². The van der Waals surface area contributed by atoms with Gasteiger partial charge in [-0.15, -0.1) is 0 Å². The third-order valence-electron chi connectivity index (χ3n) is 2.94. The molecule has 0 aromatic heterocycles. The third kappa shape index (κ3) is 2.03. The standard InChI is InChI=1S/C14H11FN2O3/c1-3-20-14(19)11(7-16)12-10-6-8(15)4-5-9(10)13(18)17(12)2/h4-6H,3H2,1-2H3/b12-11-. The molecule has 2 rings (SSSR count). The van der Waals surface area contributed by atoms with Crippen LogP contribution in [0.4, 0.5) is 4.39 Å². The zero-order valence-electron chi connectivity index (χ0n) is 10.9. The van der Waals surface area contributed by atoms with Gasteiger partial charge in [-0.1, -0.05) is 0 Å². The molecule has 1 aliphatic rings. The van der Waals surface area contributed by atoms with Gasteiger partial charge in [-0.05, 0) is 25.1 Å². The molecule has 102 valence electrons. The van der Waals surface area contributed by atoms with E-state index in [2.05, 4.69) is 0 Å². The first-order chi connectivity index (χ1) is 9.51. The van der Waals surface area contributed by atoms with Gasteiger partial charge in [-0.3, -0.25) is 4.79 Å². The number of rotatable bonds is 2. The SMILES string of the molecule is CCOC(=O)/C(C#N)=C1/c2cc(F)ccc2C(=O)N1C. The summed E-state index contributed by atoms with van der Waals surface area (Å²) in [5.41, 5.74) is 0.237. The van der Waals surface area contributed by atoms with Crippen molar-refractivity contribution < 1.29 is 18.7 Å². The highest BCUT2D eigenvalue weighted by Gasteiger charge is 2.34. The third-order valence-corrected chi connectivity index (χ3v) is 2.94. The maximum atomic E-state index is 13.4. The summed E-state index contributed by atoms with van der Waals surface area (Å²) < 4.78 is 18.1. The van der Waals surface area contributed by atoms with Crippen LogP contribution in [0.1, 0.15) is 22.8 Å². The van der Waals surface area contributed by atoms with Gasteiger partial charge in [-0.2, -0.15) is 5.26 Å². The fourth-order valence-electron chi connectivity index (χ4n) is 2.06. The highest BCUT2D eigenvalue weighted by molar-refractivity contribution is 6.14. The smallest absolute Gasteiger partial charge is 0.351 e. The summed E-state index contributed by atoms with van der Waals surface area (Å²) >= 11 is 0. The minimum absolute atomic E-state index is 0.0745. The summed E-state index contributed by atoms with van der Waals surface area (Å²) in [6.07, 6.45) is 0. The fourth-order valence-corrected chi connectivity index (χ4v) is 2.06. The number of fused-ring (bicyclic) bond motifs is 1. The van der Waals surface area contributed by atoms with Crippen LogP contribution in [0, 0.1) is 17.1 Å². The van der Waals surface area contributed by atoms with Gasteiger partial charge in [0.1, 0.15) is 11.9 Å². The molecule has 1 aromatic carbocycles. The molecule has 0 bridgehead atoms. The first-order valence-corrected chi connectivity index (χ1v) is 5.90. The van der Waals surface area contributed by atoms with Crippen LogP contribution in [0.5, 0.6) is 0 Å². The largest absolute Gasteiger partial charge is 0.462 e. The van der Waals surface area contributed by atoms with Gasteiger partial charge in [0, 0.05) is 18.2 Å². The average molecular weight is 274 g/mol. The van der Waals surface area contributed by atoms with Gasteiger partial charge in [0.25, 0.3) is 5.91 Å². The number of ether oxygens (including phenoxy) is 1. The van der Waals surface area contributed by atoms with E-state index in [4.69, 9.17) is 10.00 Å². The number of halogens is 1. The van der Waals surface area contributed by atoms with E-state index >= 15 is 0 Å². The van der Waals surface area contributed by atoms with Gasteiger partial charge < -0.3 is 9.64 Å². The van der Waals surface area contributed by atoms with E-state index in [0.29, 0.717) is 0 Å². The molecule has 0 saturated heterocycles. The lowest BCUT2D eigenvalue weighted by Crippen LogP contribution is -2.20. The summed E-state index contributed by atoms with van der Waals surface area (Å²) in [6.45, 7) is 1.71. The zero-order valence-corrected chi connectivity index (χ0v) is 10.9. The quantitative estimate of drug-likeness (QED) is 0.467. The van der Waals surface area contributed by atoms with Gasteiger partial charge >= 0.3 is 5.97 Å². The predicted octanol–water partition coefficient (Wildman–Crippen LogP) is 1.71. The molecule has 0 unspecified atom stereocenters. The first kappa shape index (κ1) is 13.7. The fraction of sp³-hybridized carbons (Fsp3) is 0.214. The van der Waals surface area contributed by atoms with Gasteiger partial charge in [0.05, 0.1) is 12.3 Å². The second-order valence-corrected chi connectivity index (χ2v) is 4.11. The van der Waals surface area contributed by atoms with E-state index in [1.54, 1.807) is 13.0 Å². The number of carbonyl (C=O) groups excluding carboxylic acids is 2. The van der Waals surface area contributed by atoms with E-state index in [9.17, 15) is 14.0 Å². The number of hydrogen-bond acceptors (Lipinski definition) is 4. The molecule has 20 heavy (non-hydrogen) atoms. The van der Waals surface area contributed by atoms with Crippen molar-refractivity contribution in [1.29, 1.82) is 5.26 Å². The van der Waals surface area contributed by atoms with Crippen molar-refractivity contribution in [3.05, 3.63) is 40.7 Å². The molecule has 0 radical (unpaired) electrons. The van der Waals surface area contributed by atoms with E-state index in [-0.39, 0.29) is 29.0 Å². The molecular weight excluding hydrogens is 263 g/mol. The lowest BCUT2D eigenvalue weighted by molar-refractivity contribution is -0.137. The number of amides is 1. The lowest BCUT2D eigenvalue weighted by Gasteiger charge is -2.13. The molecule has 0 fully saturated rings. The topological polar surface area (TPSA) is 70.4 Å².